The summed E-state index contributed by atoms with van der Waals surface area (Å²) in [5.41, 5.74) is 4.48. The summed E-state index contributed by atoms with van der Waals surface area (Å²) < 4.78 is 30.1. The van der Waals surface area contributed by atoms with Gasteiger partial charge in [-0.3, -0.25) is 4.72 Å². The maximum absolute atomic E-state index is 12.9. The lowest BCUT2D eigenvalue weighted by molar-refractivity contribution is 0.598. The number of aromatic nitrogens is 3. The first-order valence-corrected chi connectivity index (χ1v) is 11.0. The summed E-state index contributed by atoms with van der Waals surface area (Å²) in [6, 6.07) is 9.96. The van der Waals surface area contributed by atoms with Gasteiger partial charge in [-0.2, -0.15) is 8.42 Å². The van der Waals surface area contributed by atoms with Crippen molar-refractivity contribution < 1.29 is 8.42 Å². The van der Waals surface area contributed by atoms with E-state index in [-0.39, 0.29) is 5.03 Å². The summed E-state index contributed by atoms with van der Waals surface area (Å²) in [5, 5.41) is 0.805. The second-order valence-electron chi connectivity index (χ2n) is 6.88. The molecule has 0 aliphatic rings. The van der Waals surface area contributed by atoms with Crippen LogP contribution < -0.4 is 4.72 Å². The van der Waals surface area contributed by atoms with Gasteiger partial charge in [-0.15, -0.1) is 11.3 Å². The minimum Gasteiger partial charge on any atom is -0.339 e. The van der Waals surface area contributed by atoms with Crippen LogP contribution in [0.4, 0.5) is 5.69 Å². The highest BCUT2D eigenvalue weighted by Gasteiger charge is 2.22. The number of nitrogens with one attached hydrogen (secondary N) is 1. The van der Waals surface area contributed by atoms with Crippen LogP contribution in [-0.2, 0) is 17.1 Å². The molecule has 0 unspecified atom stereocenters. The Hall–Kier alpha value is -2.71. The Kier molecular flexibility index (Phi) is 4.47. The van der Waals surface area contributed by atoms with E-state index in [9.17, 15) is 8.42 Å². The van der Waals surface area contributed by atoms with Crippen LogP contribution in [0.15, 0.2) is 47.9 Å². The molecule has 28 heavy (non-hydrogen) atoms. The average Bonchev–Trinajstić information content (AvgIpc) is 3.18. The van der Waals surface area contributed by atoms with Crippen molar-refractivity contribution in [1.29, 1.82) is 0 Å². The van der Waals surface area contributed by atoms with E-state index < -0.39 is 10.0 Å². The molecule has 4 rings (SSSR count). The molecule has 0 aliphatic carbocycles. The van der Waals surface area contributed by atoms with Crippen molar-refractivity contribution in [3.8, 4) is 11.1 Å². The molecule has 1 N–H and O–H groups in total. The maximum Gasteiger partial charge on any atom is 0.280 e. The number of benzene rings is 1. The molecule has 0 aliphatic heterocycles. The third-order valence-corrected chi connectivity index (χ3v) is 6.72. The quantitative estimate of drug-likeness (QED) is 0.538. The van der Waals surface area contributed by atoms with Crippen LogP contribution in [0.5, 0.6) is 0 Å². The second-order valence-corrected chi connectivity index (χ2v) is 9.71. The lowest BCUT2D eigenvalue weighted by Crippen LogP contribution is -2.14. The first-order chi connectivity index (χ1) is 13.2. The molecule has 0 saturated heterocycles. The molecular formula is C20H20N4O2S2. The zero-order valence-corrected chi connectivity index (χ0v) is 17.6. The van der Waals surface area contributed by atoms with E-state index in [0.29, 0.717) is 5.69 Å². The molecule has 0 bridgehead atoms. The van der Waals surface area contributed by atoms with E-state index in [2.05, 4.69) is 20.8 Å². The van der Waals surface area contributed by atoms with Gasteiger partial charge in [0.1, 0.15) is 4.83 Å². The molecule has 0 fully saturated rings. The SMILES string of the molecule is Cc1cccc(-c2c(C)sc3nc(C)cc(NS(=O)(=O)c4cn(C)cn4)c23)c1. The number of fused-ring (bicyclic) bond motifs is 1. The zero-order valence-electron chi connectivity index (χ0n) is 16.0. The minimum absolute atomic E-state index is 0.0123. The van der Waals surface area contributed by atoms with Crippen LogP contribution in [0.25, 0.3) is 21.3 Å². The van der Waals surface area contributed by atoms with E-state index in [1.54, 1.807) is 29.0 Å². The Morgan fingerprint density at radius 1 is 1.14 bits per heavy atom. The number of hydrogen-bond donors (Lipinski definition) is 1. The highest BCUT2D eigenvalue weighted by molar-refractivity contribution is 7.92. The molecular weight excluding hydrogens is 392 g/mol. The number of rotatable bonds is 4. The molecule has 0 radical (unpaired) electrons. The number of nitrogens with zero attached hydrogens (tertiary/aromatic N) is 3. The van der Waals surface area contributed by atoms with Crippen molar-refractivity contribution in [2.24, 2.45) is 7.05 Å². The number of thiophene rings is 1. The van der Waals surface area contributed by atoms with Crippen LogP contribution in [0, 0.1) is 20.8 Å². The molecule has 3 aromatic heterocycles. The normalized spacial score (nSPS) is 11.9. The summed E-state index contributed by atoms with van der Waals surface area (Å²) >= 11 is 1.57. The predicted octanol–water partition coefficient (Wildman–Crippen LogP) is 4.42. The lowest BCUT2D eigenvalue weighted by Gasteiger charge is -2.11. The summed E-state index contributed by atoms with van der Waals surface area (Å²) in [7, 11) is -2.07. The molecule has 0 spiro atoms. The van der Waals surface area contributed by atoms with Gasteiger partial charge in [0.2, 0.25) is 0 Å². The first kappa shape index (κ1) is 18.6. The lowest BCUT2D eigenvalue weighted by atomic mass is 10.0. The van der Waals surface area contributed by atoms with E-state index in [1.807, 2.05) is 39.0 Å². The van der Waals surface area contributed by atoms with Gasteiger partial charge >= 0.3 is 0 Å². The molecule has 8 heteroatoms. The fourth-order valence-electron chi connectivity index (χ4n) is 3.29. The van der Waals surface area contributed by atoms with Gasteiger partial charge in [-0.1, -0.05) is 29.8 Å². The Labute approximate surface area is 167 Å². The second kappa shape index (κ2) is 6.72. The molecule has 1 aromatic carbocycles. The minimum atomic E-state index is -3.80. The van der Waals surface area contributed by atoms with Gasteiger partial charge in [-0.25, -0.2) is 9.97 Å². The number of sulfonamides is 1. The van der Waals surface area contributed by atoms with E-state index in [4.69, 9.17) is 0 Å². The third kappa shape index (κ3) is 3.29. The smallest absolute Gasteiger partial charge is 0.280 e. The van der Waals surface area contributed by atoms with E-state index in [0.717, 1.165) is 37.5 Å². The molecule has 0 saturated carbocycles. The van der Waals surface area contributed by atoms with Crippen molar-refractivity contribution in [2.45, 2.75) is 25.8 Å². The van der Waals surface area contributed by atoms with Gasteiger partial charge in [0.05, 0.1) is 12.0 Å². The van der Waals surface area contributed by atoms with Crippen molar-refractivity contribution >= 4 is 37.3 Å². The fourth-order valence-corrected chi connectivity index (χ4v) is 5.45. The fraction of sp³-hybridized carbons (Fsp3) is 0.200. The van der Waals surface area contributed by atoms with Crippen molar-refractivity contribution in [2.75, 3.05) is 4.72 Å². The monoisotopic (exact) mass is 412 g/mol. The summed E-state index contributed by atoms with van der Waals surface area (Å²) in [5.74, 6) is 0. The number of hydrogen-bond acceptors (Lipinski definition) is 5. The van der Waals surface area contributed by atoms with Gasteiger partial charge in [0, 0.05) is 34.8 Å². The predicted molar refractivity (Wildman–Crippen MR) is 113 cm³/mol. The van der Waals surface area contributed by atoms with Gasteiger partial charge in [-0.05, 0) is 32.4 Å². The molecule has 0 amide bonds. The summed E-state index contributed by atoms with van der Waals surface area (Å²) in [6.07, 6.45) is 2.95. The number of aryl methyl sites for hydroxylation is 4. The standard InChI is InChI=1S/C20H20N4O2S2/c1-12-6-5-7-15(8-12)18-14(3)27-20-19(18)16(9-13(2)22-20)23-28(25,26)17-10-24(4)11-21-17/h5-11H,1-4H3,(H,22,23). The average molecular weight is 413 g/mol. The van der Waals surface area contributed by atoms with E-state index in [1.165, 1.54) is 12.5 Å². The topological polar surface area (TPSA) is 76.9 Å². The largest absolute Gasteiger partial charge is 0.339 e. The highest BCUT2D eigenvalue weighted by Crippen LogP contribution is 2.42. The number of imidazole rings is 1. The first-order valence-electron chi connectivity index (χ1n) is 8.73. The Bertz CT molecular complexity index is 1300. The van der Waals surface area contributed by atoms with Crippen LogP contribution in [-0.4, -0.2) is 23.0 Å². The summed E-state index contributed by atoms with van der Waals surface area (Å²) in [6.45, 7) is 5.94. The highest BCUT2D eigenvalue weighted by atomic mass is 32.2. The van der Waals surface area contributed by atoms with E-state index >= 15 is 0 Å². The Balaban J connectivity index is 1.93. The van der Waals surface area contributed by atoms with Gasteiger partial charge in [0.15, 0.2) is 5.03 Å². The Morgan fingerprint density at radius 3 is 2.61 bits per heavy atom. The molecule has 144 valence electrons. The van der Waals surface area contributed by atoms with Gasteiger partial charge in [0.25, 0.3) is 10.0 Å². The molecule has 0 atom stereocenters. The molecule has 3 heterocycles. The van der Waals surface area contributed by atoms with Crippen molar-refractivity contribution in [1.82, 2.24) is 14.5 Å². The third-order valence-electron chi connectivity index (χ3n) is 4.47. The number of anilines is 1. The summed E-state index contributed by atoms with van der Waals surface area (Å²) in [4.78, 5) is 10.5. The van der Waals surface area contributed by atoms with Crippen LogP contribution in [0.2, 0.25) is 0 Å². The molecule has 6 nitrogen and oxygen atoms in total. The van der Waals surface area contributed by atoms with Crippen LogP contribution in [0.3, 0.4) is 0 Å². The van der Waals surface area contributed by atoms with Gasteiger partial charge < -0.3 is 4.57 Å². The maximum atomic E-state index is 12.9. The zero-order chi connectivity index (χ0) is 20.1. The Morgan fingerprint density at radius 2 is 1.93 bits per heavy atom. The van der Waals surface area contributed by atoms with Crippen LogP contribution >= 0.6 is 11.3 Å². The van der Waals surface area contributed by atoms with Crippen LogP contribution in [0.1, 0.15) is 16.1 Å². The molecule has 4 aromatic rings. The van der Waals surface area contributed by atoms with Crippen molar-refractivity contribution in [3.05, 3.63) is 59.0 Å². The van der Waals surface area contributed by atoms with Crippen molar-refractivity contribution in [3.63, 3.8) is 0 Å². The number of pyridine rings is 1.